The lowest BCUT2D eigenvalue weighted by atomic mass is 10.1. The highest BCUT2D eigenvalue weighted by molar-refractivity contribution is 5.85. The molecule has 0 fully saturated rings. The Labute approximate surface area is 73.2 Å². The van der Waals surface area contributed by atoms with Crippen LogP contribution in [0.5, 0.6) is 0 Å². The van der Waals surface area contributed by atoms with Gasteiger partial charge in [-0.15, -0.1) is 12.4 Å². The molecule has 0 saturated heterocycles. The van der Waals surface area contributed by atoms with Crippen LogP contribution in [-0.2, 0) is 6.54 Å². The summed E-state index contributed by atoms with van der Waals surface area (Å²) in [5.41, 5.74) is 9.11. The highest BCUT2D eigenvalue weighted by Gasteiger charge is 1.97. The second kappa shape index (κ2) is 4.31. The summed E-state index contributed by atoms with van der Waals surface area (Å²) in [6.07, 6.45) is 3.68. The third-order valence-electron chi connectivity index (χ3n) is 1.69. The number of aryl methyl sites for hydroxylation is 2. The summed E-state index contributed by atoms with van der Waals surface area (Å²) in [4.78, 5) is 4.04. The molecule has 0 amide bonds. The van der Waals surface area contributed by atoms with E-state index in [0.29, 0.717) is 6.54 Å². The Hall–Kier alpha value is -0.600. The fourth-order valence-electron chi connectivity index (χ4n) is 1.05. The first kappa shape index (κ1) is 10.4. The summed E-state index contributed by atoms with van der Waals surface area (Å²) in [5, 5.41) is 0. The van der Waals surface area contributed by atoms with Crippen molar-refractivity contribution in [3.8, 4) is 0 Å². The van der Waals surface area contributed by atoms with Crippen LogP contribution in [-0.4, -0.2) is 4.98 Å². The maximum Gasteiger partial charge on any atom is 0.0300 e. The second-order valence-corrected chi connectivity index (χ2v) is 2.46. The van der Waals surface area contributed by atoms with Crippen LogP contribution < -0.4 is 5.73 Å². The van der Waals surface area contributed by atoms with Crippen molar-refractivity contribution in [2.75, 3.05) is 0 Å². The van der Waals surface area contributed by atoms with Crippen LogP contribution in [0.1, 0.15) is 16.7 Å². The van der Waals surface area contributed by atoms with Crippen molar-refractivity contribution in [2.45, 2.75) is 20.4 Å². The van der Waals surface area contributed by atoms with Gasteiger partial charge in [-0.05, 0) is 30.5 Å². The van der Waals surface area contributed by atoms with E-state index in [-0.39, 0.29) is 12.4 Å². The summed E-state index contributed by atoms with van der Waals surface area (Å²) < 4.78 is 0. The molecule has 2 N–H and O–H groups in total. The van der Waals surface area contributed by atoms with Gasteiger partial charge < -0.3 is 5.73 Å². The zero-order valence-corrected chi connectivity index (χ0v) is 7.61. The van der Waals surface area contributed by atoms with Crippen molar-refractivity contribution >= 4 is 12.4 Å². The molecule has 1 aromatic rings. The number of nitrogens with zero attached hydrogens (tertiary/aromatic N) is 1. The molecule has 0 aliphatic heterocycles. The Morgan fingerprint density at radius 1 is 1.27 bits per heavy atom. The van der Waals surface area contributed by atoms with E-state index in [1.807, 2.05) is 26.2 Å². The lowest BCUT2D eigenvalue weighted by molar-refractivity contribution is 1.01. The van der Waals surface area contributed by atoms with E-state index in [4.69, 9.17) is 5.73 Å². The molecule has 11 heavy (non-hydrogen) atoms. The molecule has 0 atom stereocenters. The summed E-state index contributed by atoms with van der Waals surface area (Å²) >= 11 is 0. The molecule has 0 unspecified atom stereocenters. The van der Waals surface area contributed by atoms with Gasteiger partial charge in [-0.3, -0.25) is 4.98 Å². The second-order valence-electron chi connectivity index (χ2n) is 2.46. The minimum absolute atomic E-state index is 0. The highest BCUT2D eigenvalue weighted by Crippen LogP contribution is 2.09. The van der Waals surface area contributed by atoms with Crippen LogP contribution in [0, 0.1) is 13.8 Å². The van der Waals surface area contributed by atoms with Crippen molar-refractivity contribution < 1.29 is 0 Å². The van der Waals surface area contributed by atoms with Crippen molar-refractivity contribution in [1.29, 1.82) is 0 Å². The smallest absolute Gasteiger partial charge is 0.0300 e. The molecule has 1 rings (SSSR count). The van der Waals surface area contributed by atoms with E-state index in [9.17, 15) is 0 Å². The molecule has 3 heteroatoms. The average Bonchev–Trinajstić information content (AvgIpc) is 1.88. The number of aromatic nitrogens is 1. The Kier molecular flexibility index (Phi) is 4.08. The van der Waals surface area contributed by atoms with Crippen molar-refractivity contribution in [3.63, 3.8) is 0 Å². The van der Waals surface area contributed by atoms with E-state index < -0.39 is 0 Å². The van der Waals surface area contributed by atoms with Gasteiger partial charge in [-0.2, -0.15) is 0 Å². The SMILES string of the molecule is Cc1cncc(C)c1CN.Cl. The van der Waals surface area contributed by atoms with Crippen LogP contribution in [0.3, 0.4) is 0 Å². The molecule has 1 aromatic heterocycles. The Balaban J connectivity index is 0.000001000. The van der Waals surface area contributed by atoms with E-state index >= 15 is 0 Å². The van der Waals surface area contributed by atoms with Crippen LogP contribution in [0.2, 0.25) is 0 Å². The summed E-state index contributed by atoms with van der Waals surface area (Å²) in [7, 11) is 0. The van der Waals surface area contributed by atoms with Crippen molar-refractivity contribution in [2.24, 2.45) is 5.73 Å². The minimum atomic E-state index is 0. The molecule has 0 saturated carbocycles. The van der Waals surface area contributed by atoms with E-state index in [1.165, 1.54) is 16.7 Å². The molecule has 0 spiro atoms. The molecule has 0 aliphatic rings. The highest BCUT2D eigenvalue weighted by atomic mass is 35.5. The fourth-order valence-corrected chi connectivity index (χ4v) is 1.05. The van der Waals surface area contributed by atoms with Gasteiger partial charge in [0.15, 0.2) is 0 Å². The zero-order chi connectivity index (χ0) is 7.56. The van der Waals surface area contributed by atoms with Gasteiger partial charge in [0.05, 0.1) is 0 Å². The van der Waals surface area contributed by atoms with Gasteiger partial charge >= 0.3 is 0 Å². The number of rotatable bonds is 1. The molecule has 1 heterocycles. The number of nitrogens with two attached hydrogens (primary N) is 1. The Bertz CT molecular complexity index is 215. The van der Waals surface area contributed by atoms with Gasteiger partial charge in [-0.1, -0.05) is 0 Å². The van der Waals surface area contributed by atoms with Gasteiger partial charge in [0, 0.05) is 18.9 Å². The van der Waals surface area contributed by atoms with Crippen LogP contribution in [0.4, 0.5) is 0 Å². The third kappa shape index (κ3) is 2.17. The molecular formula is C8H13ClN2. The maximum atomic E-state index is 5.52. The molecule has 2 nitrogen and oxygen atoms in total. The molecule has 0 bridgehead atoms. The van der Waals surface area contributed by atoms with Gasteiger partial charge in [0.25, 0.3) is 0 Å². The average molecular weight is 173 g/mol. The fraction of sp³-hybridized carbons (Fsp3) is 0.375. The van der Waals surface area contributed by atoms with Gasteiger partial charge in [0.1, 0.15) is 0 Å². The number of hydrogen-bond acceptors (Lipinski definition) is 2. The predicted octanol–water partition coefficient (Wildman–Crippen LogP) is 1.58. The normalized spacial score (nSPS) is 9.00. The Morgan fingerprint density at radius 3 is 2.00 bits per heavy atom. The number of pyridine rings is 1. The quantitative estimate of drug-likeness (QED) is 0.699. The van der Waals surface area contributed by atoms with Crippen LogP contribution >= 0.6 is 12.4 Å². The van der Waals surface area contributed by atoms with Gasteiger partial charge in [0.2, 0.25) is 0 Å². The number of hydrogen-bond donors (Lipinski definition) is 1. The van der Waals surface area contributed by atoms with Crippen molar-refractivity contribution in [3.05, 3.63) is 29.1 Å². The summed E-state index contributed by atoms with van der Waals surface area (Å²) in [6.45, 7) is 4.67. The Morgan fingerprint density at radius 2 is 1.73 bits per heavy atom. The van der Waals surface area contributed by atoms with Crippen LogP contribution in [0.15, 0.2) is 12.4 Å². The lowest BCUT2D eigenvalue weighted by Gasteiger charge is -2.04. The van der Waals surface area contributed by atoms with Gasteiger partial charge in [-0.25, -0.2) is 0 Å². The lowest BCUT2D eigenvalue weighted by Crippen LogP contribution is -2.02. The topological polar surface area (TPSA) is 38.9 Å². The number of halogens is 1. The van der Waals surface area contributed by atoms with E-state index in [2.05, 4.69) is 4.98 Å². The third-order valence-corrected chi connectivity index (χ3v) is 1.69. The van der Waals surface area contributed by atoms with E-state index in [0.717, 1.165) is 0 Å². The first-order chi connectivity index (χ1) is 4.75. The first-order valence-electron chi connectivity index (χ1n) is 3.36. The predicted molar refractivity (Wildman–Crippen MR) is 48.9 cm³/mol. The molecule has 0 aromatic carbocycles. The minimum Gasteiger partial charge on any atom is -0.326 e. The molecule has 0 aliphatic carbocycles. The first-order valence-corrected chi connectivity index (χ1v) is 3.36. The van der Waals surface area contributed by atoms with Crippen molar-refractivity contribution in [1.82, 2.24) is 4.98 Å². The summed E-state index contributed by atoms with van der Waals surface area (Å²) in [6, 6.07) is 0. The van der Waals surface area contributed by atoms with E-state index in [1.54, 1.807) is 0 Å². The zero-order valence-electron chi connectivity index (χ0n) is 6.79. The molecule has 0 radical (unpaired) electrons. The largest absolute Gasteiger partial charge is 0.326 e. The standard InChI is InChI=1S/C8H12N2.ClH/c1-6-4-10-5-7(2)8(6)3-9;/h4-5H,3,9H2,1-2H3;1H. The summed E-state index contributed by atoms with van der Waals surface area (Å²) in [5.74, 6) is 0. The monoisotopic (exact) mass is 172 g/mol. The van der Waals surface area contributed by atoms with Crippen LogP contribution in [0.25, 0.3) is 0 Å². The maximum absolute atomic E-state index is 5.52. The molecular weight excluding hydrogens is 160 g/mol. The molecule has 62 valence electrons.